The van der Waals surface area contributed by atoms with Crippen LogP contribution in [0.15, 0.2) is 54.6 Å². The number of amides is 1. The number of aliphatic hydroxyl groups is 1. The number of benzene rings is 2. The molecule has 2 unspecified atom stereocenters. The average molecular weight is 463 g/mol. The Balaban J connectivity index is 1.50. The van der Waals surface area contributed by atoms with Gasteiger partial charge in [0.25, 0.3) is 5.91 Å². The molecule has 0 radical (unpaired) electrons. The Labute approximate surface area is 194 Å². The highest BCUT2D eigenvalue weighted by atomic mass is 35.5. The lowest BCUT2D eigenvalue weighted by Gasteiger charge is -2.36. The van der Waals surface area contributed by atoms with E-state index in [1.807, 2.05) is 30.3 Å². The number of carbonyl (C=O) groups is 1. The first kappa shape index (κ1) is 24.5. The zero-order valence-corrected chi connectivity index (χ0v) is 19.1. The van der Waals surface area contributed by atoms with Crippen molar-refractivity contribution in [2.45, 2.75) is 12.2 Å². The van der Waals surface area contributed by atoms with Crippen LogP contribution in [0.4, 0.5) is 0 Å². The first-order valence-corrected chi connectivity index (χ1v) is 11.2. The number of methoxy groups -OCH3 is 1. The van der Waals surface area contributed by atoms with Crippen LogP contribution in [-0.2, 0) is 9.47 Å². The summed E-state index contributed by atoms with van der Waals surface area (Å²) in [6, 6.07) is 16.3. The van der Waals surface area contributed by atoms with Crippen molar-refractivity contribution >= 4 is 17.5 Å². The molecule has 0 aromatic heterocycles. The number of morpholine rings is 1. The molecule has 8 heteroatoms. The topological polar surface area (TPSA) is 71.5 Å². The molecular weight excluding hydrogens is 432 g/mol. The van der Waals surface area contributed by atoms with E-state index in [4.69, 9.17) is 25.8 Å². The van der Waals surface area contributed by atoms with E-state index >= 15 is 0 Å². The van der Waals surface area contributed by atoms with E-state index in [9.17, 15) is 9.90 Å². The molecule has 1 N–H and O–H groups in total. The minimum atomic E-state index is -0.639. The summed E-state index contributed by atoms with van der Waals surface area (Å²) in [4.78, 5) is 16.9. The van der Waals surface area contributed by atoms with Crippen molar-refractivity contribution in [3.8, 4) is 5.75 Å². The van der Waals surface area contributed by atoms with E-state index in [1.165, 1.54) is 0 Å². The molecule has 0 spiro atoms. The lowest BCUT2D eigenvalue weighted by molar-refractivity contribution is -0.0546. The van der Waals surface area contributed by atoms with Gasteiger partial charge in [0.1, 0.15) is 18.5 Å². The van der Waals surface area contributed by atoms with Gasteiger partial charge in [-0.1, -0.05) is 29.8 Å². The molecule has 1 heterocycles. The SMILES string of the molecule is COCCN(CC1CN(CC(O)COc2ccc(Cl)cc2)CCO1)C(=O)c1ccccc1. The van der Waals surface area contributed by atoms with Crippen LogP contribution in [0.2, 0.25) is 5.02 Å². The third-order valence-electron chi connectivity index (χ3n) is 5.25. The second-order valence-corrected chi connectivity index (χ2v) is 8.22. The summed E-state index contributed by atoms with van der Waals surface area (Å²) in [7, 11) is 1.62. The van der Waals surface area contributed by atoms with Gasteiger partial charge in [-0.15, -0.1) is 0 Å². The van der Waals surface area contributed by atoms with Crippen LogP contribution < -0.4 is 4.74 Å². The Kier molecular flexibility index (Phi) is 9.77. The maximum atomic E-state index is 13.0. The van der Waals surface area contributed by atoms with Crippen molar-refractivity contribution in [1.29, 1.82) is 0 Å². The summed E-state index contributed by atoms with van der Waals surface area (Å²) in [5.74, 6) is 0.626. The standard InChI is InChI=1S/C24H31ClN2O5/c1-30-13-12-27(24(29)19-5-3-2-4-6-19)17-23-16-26(11-14-31-23)15-21(28)18-32-22-9-7-20(25)8-10-22/h2-10,21,23,28H,11-18H2,1H3. The number of carbonyl (C=O) groups excluding carboxylic acids is 1. The van der Waals surface area contributed by atoms with Crippen LogP contribution in [0.3, 0.4) is 0 Å². The van der Waals surface area contributed by atoms with Crippen LogP contribution in [0.5, 0.6) is 5.75 Å². The molecule has 1 fully saturated rings. The largest absolute Gasteiger partial charge is 0.491 e. The lowest BCUT2D eigenvalue weighted by Crippen LogP contribution is -2.51. The Bertz CT molecular complexity index is 821. The molecule has 1 saturated heterocycles. The summed E-state index contributed by atoms with van der Waals surface area (Å²) < 4.78 is 16.8. The molecule has 0 bridgehead atoms. The van der Waals surface area contributed by atoms with Crippen LogP contribution in [0.1, 0.15) is 10.4 Å². The molecule has 0 aliphatic carbocycles. The Morgan fingerprint density at radius 1 is 1.25 bits per heavy atom. The van der Waals surface area contributed by atoms with Crippen LogP contribution >= 0.6 is 11.6 Å². The van der Waals surface area contributed by atoms with E-state index in [-0.39, 0.29) is 18.6 Å². The van der Waals surface area contributed by atoms with Gasteiger partial charge in [0.05, 0.1) is 19.3 Å². The number of rotatable bonds is 11. The maximum absolute atomic E-state index is 13.0. The number of aliphatic hydroxyl groups excluding tert-OH is 1. The summed E-state index contributed by atoms with van der Waals surface area (Å²) in [6.45, 7) is 3.96. The first-order chi connectivity index (χ1) is 15.5. The number of ether oxygens (including phenoxy) is 3. The molecule has 7 nitrogen and oxygen atoms in total. The van der Waals surface area contributed by atoms with E-state index in [2.05, 4.69) is 4.90 Å². The fourth-order valence-electron chi connectivity index (χ4n) is 3.62. The molecule has 2 aromatic carbocycles. The highest BCUT2D eigenvalue weighted by Crippen LogP contribution is 2.16. The number of hydrogen-bond donors (Lipinski definition) is 1. The molecule has 1 aliphatic heterocycles. The molecule has 0 saturated carbocycles. The monoisotopic (exact) mass is 462 g/mol. The smallest absolute Gasteiger partial charge is 0.254 e. The fourth-order valence-corrected chi connectivity index (χ4v) is 3.74. The van der Waals surface area contributed by atoms with Crippen molar-refractivity contribution in [2.24, 2.45) is 0 Å². The highest BCUT2D eigenvalue weighted by Gasteiger charge is 2.26. The van der Waals surface area contributed by atoms with Crippen LogP contribution in [0.25, 0.3) is 0 Å². The van der Waals surface area contributed by atoms with Gasteiger partial charge in [-0.2, -0.15) is 0 Å². The fraction of sp³-hybridized carbons (Fsp3) is 0.458. The Morgan fingerprint density at radius 3 is 2.72 bits per heavy atom. The highest BCUT2D eigenvalue weighted by molar-refractivity contribution is 6.30. The first-order valence-electron chi connectivity index (χ1n) is 10.8. The van der Waals surface area contributed by atoms with Crippen molar-refractivity contribution in [3.05, 3.63) is 65.2 Å². The average Bonchev–Trinajstić information content (AvgIpc) is 2.82. The number of β-amino-alcohol motifs (C(OH)–C–C–N with tert-alkyl or cyclic N) is 1. The van der Waals surface area contributed by atoms with Crippen molar-refractivity contribution < 1.29 is 24.1 Å². The lowest BCUT2D eigenvalue weighted by atomic mass is 10.1. The molecule has 2 aromatic rings. The zero-order chi connectivity index (χ0) is 22.8. The van der Waals surface area contributed by atoms with E-state index in [0.29, 0.717) is 55.7 Å². The molecule has 1 amide bonds. The molecule has 1 aliphatic rings. The van der Waals surface area contributed by atoms with E-state index < -0.39 is 6.10 Å². The molecular formula is C24H31ClN2O5. The second-order valence-electron chi connectivity index (χ2n) is 7.78. The van der Waals surface area contributed by atoms with Crippen molar-refractivity contribution in [2.75, 3.05) is 59.7 Å². The summed E-state index contributed by atoms with van der Waals surface area (Å²) in [6.07, 6.45) is -0.780. The minimum absolute atomic E-state index is 0.0419. The third-order valence-corrected chi connectivity index (χ3v) is 5.50. The Morgan fingerprint density at radius 2 is 2.00 bits per heavy atom. The van der Waals surface area contributed by atoms with Crippen molar-refractivity contribution in [3.63, 3.8) is 0 Å². The van der Waals surface area contributed by atoms with Gasteiger partial charge in [-0.05, 0) is 36.4 Å². The van der Waals surface area contributed by atoms with Gasteiger partial charge in [-0.25, -0.2) is 0 Å². The number of hydrogen-bond acceptors (Lipinski definition) is 6. The van der Waals surface area contributed by atoms with E-state index in [0.717, 1.165) is 6.54 Å². The summed E-state index contributed by atoms with van der Waals surface area (Å²) >= 11 is 5.88. The van der Waals surface area contributed by atoms with Gasteiger partial charge in [-0.3, -0.25) is 9.69 Å². The van der Waals surface area contributed by atoms with Crippen LogP contribution in [0, 0.1) is 0 Å². The molecule has 174 valence electrons. The predicted octanol–water partition coefficient (Wildman–Crippen LogP) is 2.57. The maximum Gasteiger partial charge on any atom is 0.254 e. The quantitative estimate of drug-likeness (QED) is 0.553. The summed E-state index contributed by atoms with van der Waals surface area (Å²) in [5.41, 5.74) is 0.644. The van der Waals surface area contributed by atoms with Gasteiger partial charge in [0.15, 0.2) is 0 Å². The van der Waals surface area contributed by atoms with Gasteiger partial charge in [0.2, 0.25) is 0 Å². The third kappa shape index (κ3) is 7.76. The molecule has 2 atom stereocenters. The zero-order valence-electron chi connectivity index (χ0n) is 18.4. The Hall–Kier alpha value is -2.16. The van der Waals surface area contributed by atoms with Crippen LogP contribution in [-0.4, -0.2) is 92.7 Å². The predicted molar refractivity (Wildman–Crippen MR) is 123 cm³/mol. The normalized spacial score (nSPS) is 17.7. The molecule has 3 rings (SSSR count). The number of nitrogens with zero attached hydrogens (tertiary/aromatic N) is 2. The van der Waals surface area contributed by atoms with Gasteiger partial charge < -0.3 is 24.2 Å². The summed E-state index contributed by atoms with van der Waals surface area (Å²) in [5, 5.41) is 11.1. The number of halogens is 1. The van der Waals surface area contributed by atoms with E-state index in [1.54, 1.807) is 36.3 Å². The second kappa shape index (κ2) is 12.8. The van der Waals surface area contributed by atoms with Gasteiger partial charge >= 0.3 is 0 Å². The van der Waals surface area contributed by atoms with Gasteiger partial charge in [0, 0.05) is 50.4 Å². The van der Waals surface area contributed by atoms with Crippen molar-refractivity contribution in [1.82, 2.24) is 9.80 Å². The molecule has 32 heavy (non-hydrogen) atoms. The minimum Gasteiger partial charge on any atom is -0.491 e.